The number of rotatable bonds is 5. The summed E-state index contributed by atoms with van der Waals surface area (Å²) in [5.74, 6) is -1.47. The van der Waals surface area contributed by atoms with E-state index in [0.29, 0.717) is 11.6 Å². The number of nitrogens with one attached hydrogen (secondary N) is 1. The molecule has 0 saturated heterocycles. The second kappa shape index (κ2) is 7.55. The van der Waals surface area contributed by atoms with Crippen molar-refractivity contribution in [2.45, 2.75) is 19.6 Å². The number of amides is 1. The van der Waals surface area contributed by atoms with Crippen LogP contribution in [0.15, 0.2) is 42.5 Å². The summed E-state index contributed by atoms with van der Waals surface area (Å²) in [6, 6.07) is 9.12. The molecule has 3 nitrogen and oxygen atoms in total. The van der Waals surface area contributed by atoms with Gasteiger partial charge in [0.25, 0.3) is 5.91 Å². The summed E-state index contributed by atoms with van der Waals surface area (Å²) in [6.45, 7) is 2.45. The first-order valence-electron chi connectivity index (χ1n) is 7.67. The molecule has 25 heavy (non-hydrogen) atoms. The van der Waals surface area contributed by atoms with E-state index in [1.807, 2.05) is 18.9 Å². The Morgan fingerprint density at radius 3 is 2.32 bits per heavy atom. The Kier molecular flexibility index (Phi) is 5.66. The Morgan fingerprint density at radius 2 is 1.76 bits per heavy atom. The van der Waals surface area contributed by atoms with Crippen LogP contribution in [0.3, 0.4) is 0 Å². The van der Waals surface area contributed by atoms with E-state index in [1.54, 1.807) is 24.3 Å². The van der Waals surface area contributed by atoms with Crippen molar-refractivity contribution in [1.82, 2.24) is 5.32 Å². The molecule has 1 amide bonds. The van der Waals surface area contributed by atoms with Crippen LogP contribution in [0.25, 0.3) is 0 Å². The molecule has 7 heteroatoms. The number of carbonyl (C=O) groups excluding carboxylic acids is 1. The highest BCUT2D eigenvalue weighted by atomic mass is 19.4. The lowest BCUT2D eigenvalue weighted by Gasteiger charge is -2.17. The van der Waals surface area contributed by atoms with Crippen molar-refractivity contribution in [2.24, 2.45) is 0 Å². The Labute approximate surface area is 143 Å². The maximum Gasteiger partial charge on any atom is 0.416 e. The number of hydrogen-bond donors (Lipinski definition) is 1. The van der Waals surface area contributed by atoms with E-state index < -0.39 is 23.5 Å². The third-order valence-corrected chi connectivity index (χ3v) is 3.86. The van der Waals surface area contributed by atoms with Crippen LogP contribution < -0.4 is 10.2 Å². The van der Waals surface area contributed by atoms with E-state index in [0.717, 1.165) is 24.4 Å². The summed E-state index contributed by atoms with van der Waals surface area (Å²) in [5.41, 5.74) is -0.0156. The van der Waals surface area contributed by atoms with E-state index in [4.69, 9.17) is 0 Å². The summed E-state index contributed by atoms with van der Waals surface area (Å²) in [6.07, 6.45) is -4.69. The quantitative estimate of drug-likeness (QED) is 0.815. The maximum atomic E-state index is 13.1. The van der Waals surface area contributed by atoms with E-state index in [9.17, 15) is 22.4 Å². The van der Waals surface area contributed by atoms with Crippen LogP contribution in [-0.4, -0.2) is 19.5 Å². The monoisotopic (exact) mass is 354 g/mol. The van der Waals surface area contributed by atoms with Gasteiger partial charge in [0, 0.05) is 31.4 Å². The highest BCUT2D eigenvalue weighted by Gasteiger charge is 2.33. The molecule has 0 unspecified atom stereocenters. The second-order valence-corrected chi connectivity index (χ2v) is 5.54. The van der Waals surface area contributed by atoms with Gasteiger partial charge < -0.3 is 10.2 Å². The molecule has 0 spiro atoms. The third-order valence-electron chi connectivity index (χ3n) is 3.86. The fourth-order valence-electron chi connectivity index (χ4n) is 2.29. The first-order valence-corrected chi connectivity index (χ1v) is 7.67. The molecule has 2 aromatic rings. The van der Waals surface area contributed by atoms with Crippen molar-refractivity contribution in [3.05, 3.63) is 65.0 Å². The zero-order chi connectivity index (χ0) is 18.6. The lowest BCUT2D eigenvalue weighted by atomic mass is 10.1. The summed E-state index contributed by atoms with van der Waals surface area (Å²) in [4.78, 5) is 14.1. The largest absolute Gasteiger partial charge is 0.416 e. The van der Waals surface area contributed by atoms with Gasteiger partial charge in [-0.2, -0.15) is 13.2 Å². The minimum atomic E-state index is -4.69. The van der Waals surface area contributed by atoms with Gasteiger partial charge >= 0.3 is 6.18 Å². The Hall–Kier alpha value is -2.57. The number of hydrogen-bond acceptors (Lipinski definition) is 2. The molecule has 0 heterocycles. The molecule has 0 aliphatic carbocycles. The van der Waals surface area contributed by atoms with E-state index >= 15 is 0 Å². The molecular formula is C18H18F4N2O. The first kappa shape index (κ1) is 18.8. The molecule has 0 aliphatic heterocycles. The van der Waals surface area contributed by atoms with Crippen LogP contribution in [0.2, 0.25) is 0 Å². The number of alkyl halides is 3. The lowest BCUT2D eigenvalue weighted by molar-refractivity contribution is -0.138. The minimum absolute atomic E-state index is 0.190. The number of halogens is 4. The van der Waals surface area contributed by atoms with E-state index in [2.05, 4.69) is 5.32 Å². The summed E-state index contributed by atoms with van der Waals surface area (Å²) < 4.78 is 51.9. The molecule has 0 atom stereocenters. The number of benzene rings is 2. The van der Waals surface area contributed by atoms with Crippen LogP contribution in [-0.2, 0) is 12.7 Å². The van der Waals surface area contributed by atoms with E-state index in [-0.39, 0.29) is 12.1 Å². The van der Waals surface area contributed by atoms with Crippen molar-refractivity contribution in [1.29, 1.82) is 0 Å². The van der Waals surface area contributed by atoms with Crippen molar-refractivity contribution < 1.29 is 22.4 Å². The van der Waals surface area contributed by atoms with Crippen LogP contribution in [0.4, 0.5) is 23.2 Å². The second-order valence-electron chi connectivity index (χ2n) is 5.54. The fourth-order valence-corrected chi connectivity index (χ4v) is 2.29. The number of carbonyl (C=O) groups is 1. The van der Waals surface area contributed by atoms with Gasteiger partial charge in [-0.3, -0.25) is 4.79 Å². The average molecular weight is 354 g/mol. The van der Waals surface area contributed by atoms with Gasteiger partial charge in [0.05, 0.1) is 5.56 Å². The van der Waals surface area contributed by atoms with Gasteiger partial charge in [-0.25, -0.2) is 4.39 Å². The highest BCUT2D eigenvalue weighted by Crippen LogP contribution is 2.32. The van der Waals surface area contributed by atoms with Gasteiger partial charge in [0.2, 0.25) is 0 Å². The smallest absolute Gasteiger partial charge is 0.375 e. The topological polar surface area (TPSA) is 32.3 Å². The first-order chi connectivity index (χ1) is 11.7. The fraction of sp³-hybridized carbons (Fsp3) is 0.278. The Bertz CT molecular complexity index is 742. The van der Waals surface area contributed by atoms with Crippen molar-refractivity contribution >= 4 is 11.6 Å². The minimum Gasteiger partial charge on any atom is -0.375 e. The normalized spacial score (nSPS) is 11.3. The summed E-state index contributed by atoms with van der Waals surface area (Å²) in [7, 11) is 1.91. The highest BCUT2D eigenvalue weighted by molar-refractivity contribution is 5.94. The predicted octanol–water partition coefficient (Wildman–Crippen LogP) is 4.23. The molecule has 0 bridgehead atoms. The molecule has 1 N–H and O–H groups in total. The predicted molar refractivity (Wildman–Crippen MR) is 88.0 cm³/mol. The van der Waals surface area contributed by atoms with Gasteiger partial charge in [-0.05, 0) is 48.9 Å². The van der Waals surface area contributed by atoms with Crippen LogP contribution >= 0.6 is 0 Å². The average Bonchev–Trinajstić information content (AvgIpc) is 2.59. The third kappa shape index (κ3) is 4.71. The standard InChI is InChI=1S/C18H18F4N2O/c1-3-24(2)15-8-5-12(6-9-15)17(25)23-11-13-4-7-14(19)10-16(13)18(20,21)22/h4-10H,3,11H2,1-2H3,(H,23,25). The van der Waals surface area contributed by atoms with Crippen molar-refractivity contribution in [3.63, 3.8) is 0 Å². The lowest BCUT2D eigenvalue weighted by Crippen LogP contribution is -2.24. The van der Waals surface area contributed by atoms with Crippen molar-refractivity contribution in [2.75, 3.05) is 18.5 Å². The zero-order valence-corrected chi connectivity index (χ0v) is 13.8. The molecule has 2 aromatic carbocycles. The van der Waals surface area contributed by atoms with E-state index in [1.165, 1.54) is 0 Å². The Balaban J connectivity index is 2.10. The van der Waals surface area contributed by atoms with Gasteiger partial charge in [0.15, 0.2) is 0 Å². The molecular weight excluding hydrogens is 336 g/mol. The summed E-state index contributed by atoms with van der Waals surface area (Å²) in [5, 5.41) is 2.43. The molecule has 0 fully saturated rings. The maximum absolute atomic E-state index is 13.1. The SMILES string of the molecule is CCN(C)c1ccc(C(=O)NCc2ccc(F)cc2C(F)(F)F)cc1. The van der Waals surface area contributed by atoms with Gasteiger partial charge in [0.1, 0.15) is 5.82 Å². The van der Waals surface area contributed by atoms with Gasteiger partial charge in [-0.1, -0.05) is 6.07 Å². The molecule has 0 saturated carbocycles. The number of anilines is 1. The Morgan fingerprint density at radius 1 is 1.12 bits per heavy atom. The molecule has 0 aromatic heterocycles. The van der Waals surface area contributed by atoms with Crippen molar-refractivity contribution in [3.8, 4) is 0 Å². The van der Waals surface area contributed by atoms with Crippen LogP contribution in [0.1, 0.15) is 28.4 Å². The molecule has 134 valence electrons. The molecule has 0 radical (unpaired) electrons. The van der Waals surface area contributed by atoms with Crippen LogP contribution in [0.5, 0.6) is 0 Å². The number of nitrogens with zero attached hydrogens (tertiary/aromatic N) is 1. The zero-order valence-electron chi connectivity index (χ0n) is 13.8. The van der Waals surface area contributed by atoms with Crippen LogP contribution in [0, 0.1) is 5.82 Å². The molecule has 2 rings (SSSR count). The molecule has 0 aliphatic rings. The van der Waals surface area contributed by atoms with Gasteiger partial charge in [-0.15, -0.1) is 0 Å². The summed E-state index contributed by atoms with van der Waals surface area (Å²) >= 11 is 0.